The van der Waals surface area contributed by atoms with Gasteiger partial charge >= 0.3 is 0 Å². The summed E-state index contributed by atoms with van der Waals surface area (Å²) in [5.41, 5.74) is 4.94. The molecular weight excluding hydrogens is 64.0 g/mol. The van der Waals surface area contributed by atoms with Crippen LogP contribution in [0.5, 0.6) is 0 Å². The highest BCUT2D eigenvalue weighted by Crippen LogP contribution is 1.55. The molecule has 0 aliphatic carbocycles. The van der Waals surface area contributed by atoms with Crippen molar-refractivity contribution in [2.45, 2.75) is 6.04 Å². The van der Waals surface area contributed by atoms with Crippen LogP contribution in [0.4, 0.5) is 0 Å². The molecule has 0 aromatic rings. The minimum Gasteiger partial charge on any atom is -0.323 e. The molecule has 3 N–H and O–H groups in total. The van der Waals surface area contributed by atoms with Crippen molar-refractivity contribution in [2.24, 2.45) is 5.73 Å². The average Bonchev–Trinajstić information content (AvgIpc) is 1.38. The summed E-state index contributed by atoms with van der Waals surface area (Å²) in [5.74, 6) is 0. The molecule has 1 unspecified atom stereocenters. The molecule has 0 spiro atoms. The van der Waals surface area contributed by atoms with Crippen molar-refractivity contribution >= 4 is 6.21 Å². The molecule has 5 heavy (non-hydrogen) atoms. The lowest BCUT2D eigenvalue weighted by molar-refractivity contribution is 1.09. The third kappa shape index (κ3) is 3.63. The van der Waals surface area contributed by atoms with Gasteiger partial charge in [-0.3, -0.25) is 0 Å². The van der Waals surface area contributed by atoms with Crippen molar-refractivity contribution in [1.82, 2.24) is 0 Å². The summed E-state index contributed by atoms with van der Waals surface area (Å²) < 4.78 is 0. The van der Waals surface area contributed by atoms with Gasteiger partial charge in [-0.05, 0) is 6.92 Å². The predicted octanol–water partition coefficient (Wildman–Crippen LogP) is -0.203. The third-order valence-corrected chi connectivity index (χ3v) is 0.214. The quantitative estimate of drug-likeness (QED) is 0.413. The van der Waals surface area contributed by atoms with Gasteiger partial charge in [-0.15, -0.1) is 0 Å². The Kier molecular flexibility index (Phi) is 1.76. The van der Waals surface area contributed by atoms with E-state index in [2.05, 4.69) is 6.92 Å². The van der Waals surface area contributed by atoms with Crippen molar-refractivity contribution in [3.63, 3.8) is 0 Å². The zero-order valence-electron chi connectivity index (χ0n) is 2.94. The third-order valence-electron chi connectivity index (χ3n) is 0.214. The van der Waals surface area contributed by atoms with Gasteiger partial charge in [0.25, 0.3) is 0 Å². The van der Waals surface area contributed by atoms with E-state index in [1.54, 1.807) is 0 Å². The van der Waals surface area contributed by atoms with E-state index in [1.807, 2.05) is 0 Å². The Morgan fingerprint density at radius 1 is 2.00 bits per heavy atom. The monoisotopic (exact) mass is 71.1 g/mol. The van der Waals surface area contributed by atoms with Crippen molar-refractivity contribution in [1.29, 1.82) is 5.41 Å². The fourth-order valence-corrected chi connectivity index (χ4v) is 0. The first-order valence-electron chi connectivity index (χ1n) is 1.36. The van der Waals surface area contributed by atoms with E-state index in [0.29, 0.717) is 0 Å². The number of hydrogen-bond donors (Lipinski definition) is 2. The topological polar surface area (TPSA) is 49.9 Å². The van der Waals surface area contributed by atoms with Gasteiger partial charge in [-0.25, -0.2) is 0 Å². The highest BCUT2D eigenvalue weighted by molar-refractivity contribution is 5.60. The molecule has 0 bridgehead atoms. The van der Waals surface area contributed by atoms with Crippen LogP contribution in [0.2, 0.25) is 0 Å². The Bertz CT molecular complexity index is 31.9. The van der Waals surface area contributed by atoms with E-state index in [4.69, 9.17) is 11.1 Å². The van der Waals surface area contributed by atoms with Crippen LogP contribution in [0.3, 0.4) is 0 Å². The van der Waals surface area contributed by atoms with Crippen LogP contribution in [0.15, 0.2) is 0 Å². The summed E-state index contributed by atoms with van der Waals surface area (Å²) in [6, 6.07) is -0.324. The molecule has 1 atom stereocenters. The van der Waals surface area contributed by atoms with Crippen LogP contribution in [0.1, 0.15) is 0 Å². The zero-order valence-corrected chi connectivity index (χ0v) is 2.94. The predicted molar refractivity (Wildman–Crippen MR) is 22.1 cm³/mol. The maximum atomic E-state index is 6.34. The van der Waals surface area contributed by atoms with Gasteiger partial charge in [0, 0.05) is 12.3 Å². The van der Waals surface area contributed by atoms with Crippen LogP contribution >= 0.6 is 0 Å². The molecule has 0 aromatic carbocycles. The maximum absolute atomic E-state index is 6.34. The molecule has 2 nitrogen and oxygen atoms in total. The average molecular weight is 71.1 g/mol. The van der Waals surface area contributed by atoms with Crippen LogP contribution in [0.25, 0.3) is 0 Å². The molecule has 0 aliphatic heterocycles. The summed E-state index contributed by atoms with van der Waals surface area (Å²) in [5, 5.41) is 6.34. The van der Waals surface area contributed by atoms with Gasteiger partial charge in [0.05, 0.1) is 0 Å². The highest BCUT2D eigenvalue weighted by Gasteiger charge is 1.75. The lowest BCUT2D eigenvalue weighted by Gasteiger charge is -1.83. The minimum absolute atomic E-state index is 0.324. The molecule has 0 fully saturated rings. The van der Waals surface area contributed by atoms with Gasteiger partial charge in [0.2, 0.25) is 0 Å². The summed E-state index contributed by atoms with van der Waals surface area (Å²) >= 11 is 0. The van der Waals surface area contributed by atoms with Crippen LogP contribution in [0, 0.1) is 12.3 Å². The zero-order chi connectivity index (χ0) is 4.28. The minimum atomic E-state index is -0.324. The summed E-state index contributed by atoms with van der Waals surface area (Å²) in [6.45, 7) is 3.29. The Labute approximate surface area is 31.5 Å². The maximum Gasteiger partial charge on any atom is 0.0393 e. The highest BCUT2D eigenvalue weighted by atomic mass is 14.6. The fraction of sp³-hybridized carbons (Fsp3) is 0.333. The molecular formula is C3H7N2. The van der Waals surface area contributed by atoms with Crippen molar-refractivity contribution < 1.29 is 0 Å². The Hall–Kier alpha value is -0.370. The molecule has 0 heterocycles. The molecule has 0 amide bonds. The van der Waals surface area contributed by atoms with Crippen LogP contribution in [-0.4, -0.2) is 12.3 Å². The summed E-state index contributed by atoms with van der Waals surface area (Å²) in [6.07, 6.45) is 1.08. The molecule has 0 rings (SSSR count). The van der Waals surface area contributed by atoms with E-state index in [1.165, 1.54) is 0 Å². The second-order valence-electron chi connectivity index (χ2n) is 0.831. The smallest absolute Gasteiger partial charge is 0.0393 e. The Balaban J connectivity index is 2.83. The Morgan fingerprint density at radius 3 is 2.20 bits per heavy atom. The standard InChI is InChI=1S/C3H7N2/c1-3(5)2-4/h2-4H,1,5H2. The van der Waals surface area contributed by atoms with Crippen molar-refractivity contribution in [3.8, 4) is 0 Å². The molecule has 0 aliphatic rings. The lowest BCUT2D eigenvalue weighted by Crippen LogP contribution is -2.15. The van der Waals surface area contributed by atoms with Crippen molar-refractivity contribution in [2.75, 3.05) is 0 Å². The molecule has 0 aromatic heterocycles. The normalized spacial score (nSPS) is 14.0. The van der Waals surface area contributed by atoms with Crippen LogP contribution < -0.4 is 5.73 Å². The molecule has 29 valence electrons. The SMILES string of the molecule is [CH2]C(N)C=N. The number of nitrogens with one attached hydrogen (secondary N) is 1. The number of nitrogens with two attached hydrogens (primary N) is 1. The molecule has 2 heteroatoms. The van der Waals surface area contributed by atoms with Gasteiger partial charge in [-0.2, -0.15) is 0 Å². The lowest BCUT2D eigenvalue weighted by atomic mass is 10.4. The molecule has 0 saturated heterocycles. The Morgan fingerprint density at radius 2 is 2.20 bits per heavy atom. The van der Waals surface area contributed by atoms with E-state index < -0.39 is 0 Å². The first-order chi connectivity index (χ1) is 2.27. The first kappa shape index (κ1) is 4.63. The van der Waals surface area contributed by atoms with Gasteiger partial charge in [0.1, 0.15) is 0 Å². The van der Waals surface area contributed by atoms with Gasteiger partial charge in [-0.1, -0.05) is 0 Å². The molecule has 0 saturated carbocycles. The van der Waals surface area contributed by atoms with E-state index in [9.17, 15) is 0 Å². The summed E-state index contributed by atoms with van der Waals surface area (Å²) in [7, 11) is 0. The second-order valence-corrected chi connectivity index (χ2v) is 0.831. The van der Waals surface area contributed by atoms with Gasteiger partial charge < -0.3 is 11.1 Å². The first-order valence-corrected chi connectivity index (χ1v) is 1.36. The van der Waals surface area contributed by atoms with E-state index in [-0.39, 0.29) is 6.04 Å². The molecule has 1 radical (unpaired) electrons. The van der Waals surface area contributed by atoms with Gasteiger partial charge in [0.15, 0.2) is 0 Å². The largest absolute Gasteiger partial charge is 0.323 e. The number of rotatable bonds is 1. The van der Waals surface area contributed by atoms with E-state index in [0.717, 1.165) is 6.21 Å². The summed E-state index contributed by atoms with van der Waals surface area (Å²) in [4.78, 5) is 0. The van der Waals surface area contributed by atoms with Crippen molar-refractivity contribution in [3.05, 3.63) is 6.92 Å². The second kappa shape index (κ2) is 1.91. The number of hydrogen-bond acceptors (Lipinski definition) is 2. The fourth-order valence-electron chi connectivity index (χ4n) is 0. The van der Waals surface area contributed by atoms with E-state index >= 15 is 0 Å². The van der Waals surface area contributed by atoms with Crippen LogP contribution in [-0.2, 0) is 0 Å².